The fourth-order valence-electron chi connectivity index (χ4n) is 1.58. The summed E-state index contributed by atoms with van der Waals surface area (Å²) in [5.41, 5.74) is 1.30. The summed E-state index contributed by atoms with van der Waals surface area (Å²) in [6.07, 6.45) is 7.09. The highest BCUT2D eigenvalue weighted by Gasteiger charge is 2.08. The number of terminal acetylenes is 1. The summed E-state index contributed by atoms with van der Waals surface area (Å²) in [5, 5.41) is 3.40. The van der Waals surface area contributed by atoms with E-state index in [1.54, 1.807) is 0 Å². The highest BCUT2D eigenvalue weighted by Crippen LogP contribution is 2.18. The summed E-state index contributed by atoms with van der Waals surface area (Å²) < 4.78 is 1.16. The Morgan fingerprint density at radius 3 is 2.80 bits per heavy atom. The zero-order valence-electron chi connectivity index (χ0n) is 8.96. The van der Waals surface area contributed by atoms with Crippen LogP contribution in [0.4, 0.5) is 0 Å². The molecule has 0 radical (unpaired) electrons. The second-order valence-electron chi connectivity index (χ2n) is 3.46. The molecule has 0 fully saturated rings. The van der Waals surface area contributed by atoms with Gasteiger partial charge in [0.15, 0.2) is 0 Å². The van der Waals surface area contributed by atoms with Crippen LogP contribution in [0.1, 0.15) is 18.9 Å². The SMILES string of the molecule is C#CCC(Cc1ccccc1Br)NCC. The minimum Gasteiger partial charge on any atom is -0.313 e. The van der Waals surface area contributed by atoms with Crippen LogP contribution in [0.3, 0.4) is 0 Å². The van der Waals surface area contributed by atoms with Crippen molar-refractivity contribution in [3.05, 3.63) is 34.3 Å². The van der Waals surface area contributed by atoms with Gasteiger partial charge in [0.05, 0.1) is 0 Å². The minimum atomic E-state index is 0.374. The predicted octanol–water partition coefficient (Wildman–Crippen LogP) is 2.99. The number of likely N-dealkylation sites (N-methyl/N-ethyl adjacent to an activating group) is 1. The maximum absolute atomic E-state index is 5.35. The van der Waals surface area contributed by atoms with Gasteiger partial charge in [-0.25, -0.2) is 0 Å². The largest absolute Gasteiger partial charge is 0.313 e. The average molecular weight is 266 g/mol. The Balaban J connectivity index is 2.66. The molecule has 0 aliphatic heterocycles. The summed E-state index contributed by atoms with van der Waals surface area (Å²) in [6, 6.07) is 8.65. The first-order chi connectivity index (χ1) is 7.27. The average Bonchev–Trinajstić information content (AvgIpc) is 2.22. The van der Waals surface area contributed by atoms with Gasteiger partial charge in [-0.05, 0) is 24.6 Å². The third-order valence-corrected chi connectivity index (χ3v) is 3.05. The molecular weight excluding hydrogens is 250 g/mol. The third kappa shape index (κ3) is 4.07. The minimum absolute atomic E-state index is 0.374. The third-order valence-electron chi connectivity index (χ3n) is 2.28. The maximum atomic E-state index is 5.35. The molecule has 0 spiro atoms. The summed E-state index contributed by atoms with van der Waals surface area (Å²) in [4.78, 5) is 0. The molecule has 1 aromatic carbocycles. The van der Waals surface area contributed by atoms with Crippen molar-refractivity contribution >= 4 is 15.9 Å². The van der Waals surface area contributed by atoms with Gasteiger partial charge in [-0.15, -0.1) is 12.3 Å². The molecule has 1 unspecified atom stereocenters. The molecule has 0 aromatic heterocycles. The van der Waals surface area contributed by atoms with E-state index in [-0.39, 0.29) is 0 Å². The molecule has 1 aromatic rings. The lowest BCUT2D eigenvalue weighted by Crippen LogP contribution is -2.30. The van der Waals surface area contributed by atoms with Crippen molar-refractivity contribution in [1.29, 1.82) is 0 Å². The van der Waals surface area contributed by atoms with Crippen LogP contribution in [0.15, 0.2) is 28.7 Å². The molecule has 15 heavy (non-hydrogen) atoms. The van der Waals surface area contributed by atoms with Crippen LogP contribution >= 0.6 is 15.9 Å². The zero-order chi connectivity index (χ0) is 11.1. The Kier molecular flexibility index (Phi) is 5.45. The zero-order valence-corrected chi connectivity index (χ0v) is 10.5. The Morgan fingerprint density at radius 2 is 2.20 bits per heavy atom. The van der Waals surface area contributed by atoms with E-state index < -0.39 is 0 Å². The van der Waals surface area contributed by atoms with Gasteiger partial charge in [0, 0.05) is 16.9 Å². The van der Waals surface area contributed by atoms with Crippen LogP contribution in [0.2, 0.25) is 0 Å². The van der Waals surface area contributed by atoms with E-state index in [1.165, 1.54) is 5.56 Å². The predicted molar refractivity (Wildman–Crippen MR) is 68.8 cm³/mol. The molecule has 1 nitrogen and oxygen atoms in total. The van der Waals surface area contributed by atoms with E-state index in [0.29, 0.717) is 6.04 Å². The van der Waals surface area contributed by atoms with E-state index >= 15 is 0 Å². The highest BCUT2D eigenvalue weighted by atomic mass is 79.9. The molecule has 80 valence electrons. The normalized spacial score (nSPS) is 12.1. The van der Waals surface area contributed by atoms with Crippen LogP contribution in [0.5, 0.6) is 0 Å². The van der Waals surface area contributed by atoms with Crippen molar-refractivity contribution in [2.45, 2.75) is 25.8 Å². The van der Waals surface area contributed by atoms with E-state index in [2.05, 4.69) is 52.3 Å². The van der Waals surface area contributed by atoms with Crippen LogP contribution in [0.25, 0.3) is 0 Å². The quantitative estimate of drug-likeness (QED) is 0.808. The van der Waals surface area contributed by atoms with Crippen molar-refractivity contribution in [2.75, 3.05) is 6.54 Å². The first kappa shape index (κ1) is 12.3. The standard InChI is InChI=1S/C13H16BrN/c1-3-7-12(15-4-2)10-11-8-5-6-9-13(11)14/h1,5-6,8-9,12,15H,4,7,10H2,2H3. The molecule has 0 amide bonds. The van der Waals surface area contributed by atoms with Crippen molar-refractivity contribution < 1.29 is 0 Å². The van der Waals surface area contributed by atoms with E-state index in [4.69, 9.17) is 6.42 Å². The highest BCUT2D eigenvalue weighted by molar-refractivity contribution is 9.10. The van der Waals surface area contributed by atoms with Gasteiger partial charge in [-0.3, -0.25) is 0 Å². The van der Waals surface area contributed by atoms with Gasteiger partial charge >= 0.3 is 0 Å². The van der Waals surface area contributed by atoms with E-state index in [1.807, 2.05) is 6.07 Å². The summed E-state index contributed by atoms with van der Waals surface area (Å²) in [5.74, 6) is 2.71. The van der Waals surface area contributed by atoms with Gasteiger partial charge in [-0.2, -0.15) is 0 Å². The van der Waals surface area contributed by atoms with Gasteiger partial charge in [0.1, 0.15) is 0 Å². The molecule has 0 aliphatic rings. The number of hydrogen-bond acceptors (Lipinski definition) is 1. The summed E-state index contributed by atoms with van der Waals surface area (Å²) in [6.45, 7) is 3.06. The second-order valence-corrected chi connectivity index (χ2v) is 4.31. The lowest BCUT2D eigenvalue weighted by Gasteiger charge is -2.15. The van der Waals surface area contributed by atoms with Crippen molar-refractivity contribution in [3.63, 3.8) is 0 Å². The van der Waals surface area contributed by atoms with Crippen LogP contribution in [-0.4, -0.2) is 12.6 Å². The summed E-state index contributed by atoms with van der Waals surface area (Å²) >= 11 is 3.55. The van der Waals surface area contributed by atoms with Crippen LogP contribution < -0.4 is 5.32 Å². The first-order valence-corrected chi connectivity index (χ1v) is 5.97. The second kappa shape index (κ2) is 6.66. The van der Waals surface area contributed by atoms with E-state index in [9.17, 15) is 0 Å². The number of hydrogen-bond donors (Lipinski definition) is 1. The monoisotopic (exact) mass is 265 g/mol. The molecule has 0 aliphatic carbocycles. The van der Waals surface area contributed by atoms with Crippen molar-refractivity contribution in [3.8, 4) is 12.3 Å². The Morgan fingerprint density at radius 1 is 1.47 bits per heavy atom. The van der Waals surface area contributed by atoms with Gasteiger partial charge in [0.2, 0.25) is 0 Å². The molecule has 0 saturated heterocycles. The first-order valence-electron chi connectivity index (χ1n) is 5.18. The van der Waals surface area contributed by atoms with Gasteiger partial charge in [0.25, 0.3) is 0 Å². The molecule has 1 N–H and O–H groups in total. The molecule has 2 heteroatoms. The van der Waals surface area contributed by atoms with Gasteiger partial charge in [-0.1, -0.05) is 41.1 Å². The van der Waals surface area contributed by atoms with Crippen molar-refractivity contribution in [2.24, 2.45) is 0 Å². The summed E-state index contributed by atoms with van der Waals surface area (Å²) in [7, 11) is 0. The van der Waals surface area contributed by atoms with Gasteiger partial charge < -0.3 is 5.32 Å². The number of benzene rings is 1. The lowest BCUT2D eigenvalue weighted by molar-refractivity contribution is 0.534. The van der Waals surface area contributed by atoms with E-state index in [0.717, 1.165) is 23.9 Å². The molecule has 1 atom stereocenters. The topological polar surface area (TPSA) is 12.0 Å². The Hall–Kier alpha value is -0.780. The van der Waals surface area contributed by atoms with Crippen molar-refractivity contribution in [1.82, 2.24) is 5.32 Å². The van der Waals surface area contributed by atoms with Crippen LogP contribution in [0, 0.1) is 12.3 Å². The lowest BCUT2D eigenvalue weighted by atomic mass is 10.0. The Labute approximate surface area is 100 Å². The number of rotatable bonds is 5. The van der Waals surface area contributed by atoms with Crippen LogP contribution in [-0.2, 0) is 6.42 Å². The molecule has 0 saturated carbocycles. The molecular formula is C13H16BrN. The number of halogens is 1. The Bertz CT molecular complexity index is 341. The molecule has 0 bridgehead atoms. The molecule has 0 heterocycles. The molecule has 1 rings (SSSR count). The fraction of sp³-hybridized carbons (Fsp3) is 0.385. The smallest absolute Gasteiger partial charge is 0.0243 e. The number of nitrogens with one attached hydrogen (secondary N) is 1. The maximum Gasteiger partial charge on any atom is 0.0243 e. The fourth-order valence-corrected chi connectivity index (χ4v) is 2.02.